The van der Waals surface area contributed by atoms with Crippen molar-refractivity contribution in [3.63, 3.8) is 0 Å². The molecule has 0 aromatic rings. The molecule has 1 aliphatic rings. The summed E-state index contributed by atoms with van der Waals surface area (Å²) < 4.78 is 5.03. The van der Waals surface area contributed by atoms with Crippen LogP contribution in [-0.2, 0) is 9.53 Å². The van der Waals surface area contributed by atoms with Gasteiger partial charge in [0.2, 0.25) is 5.91 Å². The molecule has 0 spiro atoms. The van der Waals surface area contributed by atoms with Crippen LogP contribution < -0.4 is 10.6 Å². The Balaban J connectivity index is 2.34. The van der Waals surface area contributed by atoms with Crippen molar-refractivity contribution in [2.24, 2.45) is 11.3 Å². The van der Waals surface area contributed by atoms with E-state index in [9.17, 15) is 4.79 Å². The SMILES string of the molecule is COCCN(C)CCNC(=O)C1(C(C)C)CCNC1. The summed E-state index contributed by atoms with van der Waals surface area (Å²) in [7, 11) is 3.75. The number of carbonyl (C=O) groups excluding carboxylic acids is 1. The Morgan fingerprint density at radius 2 is 2.21 bits per heavy atom. The molecule has 0 saturated carbocycles. The molecule has 112 valence electrons. The number of rotatable bonds is 8. The van der Waals surface area contributed by atoms with Crippen molar-refractivity contribution < 1.29 is 9.53 Å². The highest BCUT2D eigenvalue weighted by Crippen LogP contribution is 2.34. The first-order valence-electron chi connectivity index (χ1n) is 7.19. The van der Waals surface area contributed by atoms with Gasteiger partial charge in [0.05, 0.1) is 12.0 Å². The highest BCUT2D eigenvalue weighted by atomic mass is 16.5. The summed E-state index contributed by atoms with van der Waals surface area (Å²) in [5.41, 5.74) is -0.217. The second-order valence-electron chi connectivity index (χ2n) is 5.79. The Hall–Kier alpha value is -0.650. The summed E-state index contributed by atoms with van der Waals surface area (Å²) in [5, 5.41) is 6.41. The maximum absolute atomic E-state index is 12.4. The molecule has 5 nitrogen and oxygen atoms in total. The smallest absolute Gasteiger partial charge is 0.227 e. The molecule has 5 heteroatoms. The minimum Gasteiger partial charge on any atom is -0.383 e. The molecule has 0 aromatic carbocycles. The van der Waals surface area contributed by atoms with Gasteiger partial charge in [-0.05, 0) is 25.9 Å². The number of methoxy groups -OCH3 is 1. The molecule has 1 amide bonds. The van der Waals surface area contributed by atoms with Crippen LogP contribution in [0, 0.1) is 11.3 Å². The van der Waals surface area contributed by atoms with E-state index in [0.29, 0.717) is 12.5 Å². The van der Waals surface area contributed by atoms with Gasteiger partial charge in [-0.3, -0.25) is 4.79 Å². The third-order valence-corrected chi connectivity index (χ3v) is 4.20. The van der Waals surface area contributed by atoms with Crippen molar-refractivity contribution in [2.45, 2.75) is 20.3 Å². The lowest BCUT2D eigenvalue weighted by Gasteiger charge is -2.31. The molecule has 1 heterocycles. The second-order valence-corrected chi connectivity index (χ2v) is 5.79. The van der Waals surface area contributed by atoms with Gasteiger partial charge in [0.1, 0.15) is 0 Å². The number of ether oxygens (including phenoxy) is 1. The van der Waals surface area contributed by atoms with Gasteiger partial charge < -0.3 is 20.3 Å². The molecule has 0 aromatic heterocycles. The number of nitrogens with zero attached hydrogens (tertiary/aromatic N) is 1. The Kier molecular flexibility index (Phi) is 6.75. The van der Waals surface area contributed by atoms with Crippen LogP contribution in [0.25, 0.3) is 0 Å². The van der Waals surface area contributed by atoms with Crippen LogP contribution >= 0.6 is 0 Å². The molecule has 0 aliphatic carbocycles. The maximum Gasteiger partial charge on any atom is 0.227 e. The van der Waals surface area contributed by atoms with Gasteiger partial charge in [-0.15, -0.1) is 0 Å². The van der Waals surface area contributed by atoms with Crippen LogP contribution in [0.15, 0.2) is 0 Å². The van der Waals surface area contributed by atoms with E-state index in [1.807, 2.05) is 7.05 Å². The zero-order chi connectivity index (χ0) is 14.3. The highest BCUT2D eigenvalue weighted by molar-refractivity contribution is 5.83. The first-order chi connectivity index (χ1) is 9.03. The van der Waals surface area contributed by atoms with E-state index < -0.39 is 0 Å². The molecule has 19 heavy (non-hydrogen) atoms. The summed E-state index contributed by atoms with van der Waals surface area (Å²) in [6, 6.07) is 0. The van der Waals surface area contributed by atoms with Gasteiger partial charge in [-0.2, -0.15) is 0 Å². The first-order valence-corrected chi connectivity index (χ1v) is 7.19. The quantitative estimate of drug-likeness (QED) is 0.667. The molecular formula is C14H29N3O2. The Labute approximate surface area is 117 Å². The van der Waals surface area contributed by atoms with Gasteiger partial charge in [0, 0.05) is 33.3 Å². The van der Waals surface area contributed by atoms with Gasteiger partial charge in [0.15, 0.2) is 0 Å². The number of hydrogen-bond acceptors (Lipinski definition) is 4. The third kappa shape index (κ3) is 4.44. The normalized spacial score (nSPS) is 23.3. The van der Waals surface area contributed by atoms with E-state index in [2.05, 4.69) is 29.4 Å². The molecule has 1 rings (SSSR count). The van der Waals surface area contributed by atoms with Crippen molar-refractivity contribution >= 4 is 5.91 Å². The summed E-state index contributed by atoms with van der Waals surface area (Å²) in [4.78, 5) is 14.6. The van der Waals surface area contributed by atoms with Gasteiger partial charge in [0.25, 0.3) is 0 Å². The fourth-order valence-corrected chi connectivity index (χ4v) is 2.56. The molecular weight excluding hydrogens is 242 g/mol. The standard InChI is InChI=1S/C14H29N3O2/c1-12(2)14(5-6-15-11-14)13(18)16-7-8-17(3)9-10-19-4/h12,15H,5-11H2,1-4H3,(H,16,18). The third-order valence-electron chi connectivity index (χ3n) is 4.20. The second kappa shape index (κ2) is 7.82. The largest absolute Gasteiger partial charge is 0.383 e. The molecule has 1 fully saturated rings. The average molecular weight is 271 g/mol. The van der Waals surface area contributed by atoms with Crippen LogP contribution in [0.2, 0.25) is 0 Å². The van der Waals surface area contributed by atoms with E-state index in [0.717, 1.165) is 39.2 Å². The number of hydrogen-bond donors (Lipinski definition) is 2. The molecule has 1 atom stereocenters. The van der Waals surface area contributed by atoms with E-state index in [1.54, 1.807) is 7.11 Å². The number of amides is 1. The average Bonchev–Trinajstić information content (AvgIpc) is 2.86. The minimum absolute atomic E-state index is 0.202. The highest BCUT2D eigenvalue weighted by Gasteiger charge is 2.43. The van der Waals surface area contributed by atoms with Crippen LogP contribution in [0.3, 0.4) is 0 Å². The lowest BCUT2D eigenvalue weighted by Crippen LogP contribution is -2.47. The van der Waals surface area contributed by atoms with Crippen molar-refractivity contribution in [3.8, 4) is 0 Å². The summed E-state index contributed by atoms with van der Waals surface area (Å²) >= 11 is 0. The van der Waals surface area contributed by atoms with Crippen molar-refractivity contribution in [3.05, 3.63) is 0 Å². The zero-order valence-corrected chi connectivity index (χ0v) is 12.8. The Bertz CT molecular complexity index is 276. The predicted molar refractivity (Wildman–Crippen MR) is 77.1 cm³/mol. The lowest BCUT2D eigenvalue weighted by atomic mass is 9.75. The Morgan fingerprint density at radius 3 is 2.74 bits per heavy atom. The topological polar surface area (TPSA) is 53.6 Å². The van der Waals surface area contributed by atoms with Gasteiger partial charge in [-0.1, -0.05) is 13.8 Å². The molecule has 1 saturated heterocycles. The van der Waals surface area contributed by atoms with E-state index in [1.165, 1.54) is 0 Å². The minimum atomic E-state index is -0.217. The van der Waals surface area contributed by atoms with E-state index >= 15 is 0 Å². The molecule has 1 aliphatic heterocycles. The van der Waals surface area contributed by atoms with Crippen LogP contribution in [0.1, 0.15) is 20.3 Å². The number of nitrogens with one attached hydrogen (secondary N) is 2. The monoisotopic (exact) mass is 271 g/mol. The van der Waals surface area contributed by atoms with Crippen molar-refractivity contribution in [2.75, 3.05) is 53.5 Å². The molecule has 2 N–H and O–H groups in total. The van der Waals surface area contributed by atoms with E-state index in [-0.39, 0.29) is 11.3 Å². The molecule has 0 bridgehead atoms. The Morgan fingerprint density at radius 1 is 1.47 bits per heavy atom. The summed E-state index contributed by atoms with van der Waals surface area (Å²) in [6.07, 6.45) is 0.940. The predicted octanol–water partition coefficient (Wildman–Crippen LogP) is 0.317. The van der Waals surface area contributed by atoms with Crippen molar-refractivity contribution in [1.29, 1.82) is 0 Å². The maximum atomic E-state index is 12.4. The van der Waals surface area contributed by atoms with Gasteiger partial charge in [-0.25, -0.2) is 0 Å². The molecule has 0 radical (unpaired) electrons. The first kappa shape index (κ1) is 16.4. The molecule has 1 unspecified atom stereocenters. The summed E-state index contributed by atoms with van der Waals surface area (Å²) in [6.45, 7) is 9.20. The number of likely N-dealkylation sites (N-methyl/N-ethyl adjacent to an activating group) is 1. The van der Waals surface area contributed by atoms with Crippen molar-refractivity contribution in [1.82, 2.24) is 15.5 Å². The number of carbonyl (C=O) groups is 1. The zero-order valence-electron chi connectivity index (χ0n) is 12.8. The van der Waals surface area contributed by atoms with Crippen LogP contribution in [0.4, 0.5) is 0 Å². The fourth-order valence-electron chi connectivity index (χ4n) is 2.56. The summed E-state index contributed by atoms with van der Waals surface area (Å²) in [5.74, 6) is 0.571. The van der Waals surface area contributed by atoms with Crippen LogP contribution in [-0.4, -0.2) is 64.3 Å². The van der Waals surface area contributed by atoms with Crippen LogP contribution in [0.5, 0.6) is 0 Å². The lowest BCUT2D eigenvalue weighted by molar-refractivity contribution is -0.132. The van der Waals surface area contributed by atoms with Gasteiger partial charge >= 0.3 is 0 Å². The van der Waals surface area contributed by atoms with E-state index in [4.69, 9.17) is 4.74 Å². The fraction of sp³-hybridized carbons (Fsp3) is 0.929.